The van der Waals surface area contributed by atoms with Crippen molar-refractivity contribution in [2.45, 2.75) is 19.0 Å². The van der Waals surface area contributed by atoms with Gasteiger partial charge in [0, 0.05) is 18.6 Å². The average Bonchev–Trinajstić information content (AvgIpc) is 1.61. The molecular weight excluding hydrogens is 76.1 g/mol. The van der Waals surface area contributed by atoms with Gasteiger partial charge in [0.1, 0.15) is 0 Å². The molecule has 1 heterocycles. The predicted octanol–water partition coefficient (Wildman–Crippen LogP) is -0.695. The smallest absolute Gasteiger partial charge is 0.0318 e. The van der Waals surface area contributed by atoms with Crippen LogP contribution in [0.25, 0.3) is 0 Å². The van der Waals surface area contributed by atoms with Crippen LogP contribution in [0, 0.1) is 0 Å². The zero-order valence-electron chi connectivity index (χ0n) is 3.94. The molecule has 0 saturated carbocycles. The highest BCUT2D eigenvalue weighted by atomic mass is 15.1. The Morgan fingerprint density at radius 1 is 1.83 bits per heavy atom. The van der Waals surface area contributed by atoms with Crippen molar-refractivity contribution < 1.29 is 0 Å². The molecule has 0 amide bonds. The highest BCUT2D eigenvalue weighted by Gasteiger charge is 2.20. The summed E-state index contributed by atoms with van der Waals surface area (Å²) in [5.74, 6) is 0. The number of nitrogens with one attached hydrogen (secondary N) is 1. The second-order valence-electron chi connectivity index (χ2n) is 1.86. The summed E-state index contributed by atoms with van der Waals surface area (Å²) in [5.41, 5.74) is 5.46. The van der Waals surface area contributed by atoms with E-state index in [2.05, 4.69) is 12.2 Å². The molecule has 36 valence electrons. The first-order chi connectivity index (χ1) is 2.80. The second-order valence-corrected chi connectivity index (χ2v) is 1.86. The van der Waals surface area contributed by atoms with Crippen LogP contribution in [0.15, 0.2) is 0 Å². The van der Waals surface area contributed by atoms with E-state index in [1.54, 1.807) is 0 Å². The Morgan fingerprint density at radius 3 is 2.33 bits per heavy atom. The van der Waals surface area contributed by atoms with Gasteiger partial charge in [-0.05, 0) is 6.92 Å². The topological polar surface area (TPSA) is 38.0 Å². The van der Waals surface area contributed by atoms with Crippen molar-refractivity contribution in [2.24, 2.45) is 5.73 Å². The third-order valence-corrected chi connectivity index (χ3v) is 1.32. The van der Waals surface area contributed by atoms with Crippen LogP contribution in [0.3, 0.4) is 0 Å². The van der Waals surface area contributed by atoms with Gasteiger partial charge >= 0.3 is 0 Å². The molecular formula is C4H10N2. The van der Waals surface area contributed by atoms with E-state index in [0.29, 0.717) is 12.1 Å². The second kappa shape index (κ2) is 1.21. The molecule has 0 aromatic rings. The summed E-state index contributed by atoms with van der Waals surface area (Å²) in [5, 5.41) is 3.13. The first kappa shape index (κ1) is 4.09. The van der Waals surface area contributed by atoms with Crippen LogP contribution in [0.1, 0.15) is 6.92 Å². The van der Waals surface area contributed by atoms with Crippen LogP contribution in [0.2, 0.25) is 0 Å². The van der Waals surface area contributed by atoms with Crippen LogP contribution in [-0.4, -0.2) is 18.6 Å². The molecule has 1 rings (SSSR count). The molecule has 2 heteroatoms. The molecule has 2 nitrogen and oxygen atoms in total. The summed E-state index contributed by atoms with van der Waals surface area (Å²) in [4.78, 5) is 0. The van der Waals surface area contributed by atoms with Crippen molar-refractivity contribution in [2.75, 3.05) is 6.54 Å². The minimum Gasteiger partial charge on any atom is -0.325 e. The number of hydrogen-bond donors (Lipinski definition) is 2. The monoisotopic (exact) mass is 86.1 g/mol. The van der Waals surface area contributed by atoms with E-state index < -0.39 is 0 Å². The van der Waals surface area contributed by atoms with Crippen LogP contribution >= 0.6 is 0 Å². The van der Waals surface area contributed by atoms with Gasteiger partial charge in [-0.1, -0.05) is 0 Å². The van der Waals surface area contributed by atoms with E-state index in [9.17, 15) is 0 Å². The molecule has 0 spiro atoms. The van der Waals surface area contributed by atoms with E-state index >= 15 is 0 Å². The molecule has 1 fully saturated rings. The quantitative estimate of drug-likeness (QED) is 0.409. The standard InChI is InChI=1S/C4H10N2/c1-3-4(5)2-6-3/h3-4,6H,2,5H2,1H3/t3-,4+/m0/s1. The number of rotatable bonds is 0. The van der Waals surface area contributed by atoms with E-state index in [4.69, 9.17) is 5.73 Å². The lowest BCUT2D eigenvalue weighted by molar-refractivity contribution is 0.335. The lowest BCUT2D eigenvalue weighted by atomic mass is 10.0. The molecule has 1 saturated heterocycles. The molecule has 0 radical (unpaired) electrons. The van der Waals surface area contributed by atoms with Gasteiger partial charge in [-0.25, -0.2) is 0 Å². The fraction of sp³-hybridized carbons (Fsp3) is 1.00. The maximum atomic E-state index is 5.46. The summed E-state index contributed by atoms with van der Waals surface area (Å²) < 4.78 is 0. The average molecular weight is 86.1 g/mol. The summed E-state index contributed by atoms with van der Waals surface area (Å²) in [6.07, 6.45) is 0. The first-order valence-corrected chi connectivity index (χ1v) is 2.29. The van der Waals surface area contributed by atoms with Crippen LogP contribution < -0.4 is 11.1 Å². The van der Waals surface area contributed by atoms with Crippen molar-refractivity contribution in [1.82, 2.24) is 5.32 Å². The van der Waals surface area contributed by atoms with E-state index in [1.807, 2.05) is 0 Å². The van der Waals surface area contributed by atoms with Crippen molar-refractivity contribution in [3.05, 3.63) is 0 Å². The Bertz CT molecular complexity index is 45.5. The lowest BCUT2D eigenvalue weighted by Crippen LogP contribution is -2.60. The molecule has 0 unspecified atom stereocenters. The Kier molecular flexibility index (Phi) is 0.821. The summed E-state index contributed by atoms with van der Waals surface area (Å²) in [6.45, 7) is 3.09. The van der Waals surface area contributed by atoms with Gasteiger partial charge in [-0.3, -0.25) is 0 Å². The molecule has 0 bridgehead atoms. The molecule has 3 N–H and O–H groups in total. The molecule has 1 aliphatic heterocycles. The Hall–Kier alpha value is -0.0800. The zero-order valence-corrected chi connectivity index (χ0v) is 3.94. The van der Waals surface area contributed by atoms with Crippen molar-refractivity contribution in [1.29, 1.82) is 0 Å². The summed E-state index contributed by atoms with van der Waals surface area (Å²) >= 11 is 0. The maximum Gasteiger partial charge on any atom is 0.0318 e. The lowest BCUT2D eigenvalue weighted by Gasteiger charge is -2.31. The highest BCUT2D eigenvalue weighted by molar-refractivity contribution is 4.87. The Labute approximate surface area is 37.7 Å². The largest absolute Gasteiger partial charge is 0.325 e. The predicted molar refractivity (Wildman–Crippen MR) is 25.4 cm³/mol. The SMILES string of the molecule is C[C@@H]1NC[C@H]1N. The van der Waals surface area contributed by atoms with E-state index in [1.165, 1.54) is 0 Å². The normalized spacial score (nSPS) is 45.0. The fourth-order valence-corrected chi connectivity index (χ4v) is 0.490. The van der Waals surface area contributed by atoms with E-state index in [-0.39, 0.29) is 0 Å². The first-order valence-electron chi connectivity index (χ1n) is 2.29. The minimum atomic E-state index is 0.421. The molecule has 0 aromatic carbocycles. The van der Waals surface area contributed by atoms with Crippen molar-refractivity contribution in [3.8, 4) is 0 Å². The summed E-state index contributed by atoms with van der Waals surface area (Å²) in [6, 6.07) is 0.981. The van der Waals surface area contributed by atoms with E-state index in [0.717, 1.165) is 6.54 Å². The van der Waals surface area contributed by atoms with Gasteiger partial charge in [0.15, 0.2) is 0 Å². The fourth-order valence-electron chi connectivity index (χ4n) is 0.490. The maximum absolute atomic E-state index is 5.46. The van der Waals surface area contributed by atoms with Gasteiger partial charge in [0.25, 0.3) is 0 Å². The summed E-state index contributed by atoms with van der Waals surface area (Å²) in [7, 11) is 0. The Morgan fingerprint density at radius 2 is 2.33 bits per heavy atom. The molecule has 0 aliphatic carbocycles. The van der Waals surface area contributed by atoms with Crippen LogP contribution in [-0.2, 0) is 0 Å². The highest BCUT2D eigenvalue weighted by Crippen LogP contribution is 1.96. The number of nitrogens with two attached hydrogens (primary N) is 1. The zero-order chi connectivity index (χ0) is 4.57. The number of hydrogen-bond acceptors (Lipinski definition) is 2. The minimum absolute atomic E-state index is 0.421. The Balaban J connectivity index is 2.20. The van der Waals surface area contributed by atoms with Gasteiger partial charge in [0.05, 0.1) is 0 Å². The van der Waals surface area contributed by atoms with Gasteiger partial charge < -0.3 is 11.1 Å². The van der Waals surface area contributed by atoms with Crippen LogP contribution in [0.5, 0.6) is 0 Å². The van der Waals surface area contributed by atoms with Gasteiger partial charge in [-0.2, -0.15) is 0 Å². The van der Waals surface area contributed by atoms with Gasteiger partial charge in [0.2, 0.25) is 0 Å². The van der Waals surface area contributed by atoms with Crippen molar-refractivity contribution in [3.63, 3.8) is 0 Å². The molecule has 0 aromatic heterocycles. The van der Waals surface area contributed by atoms with Crippen molar-refractivity contribution >= 4 is 0 Å². The molecule has 2 atom stereocenters. The third-order valence-electron chi connectivity index (χ3n) is 1.32. The molecule has 6 heavy (non-hydrogen) atoms. The van der Waals surface area contributed by atoms with Gasteiger partial charge in [-0.15, -0.1) is 0 Å². The van der Waals surface area contributed by atoms with Crippen LogP contribution in [0.4, 0.5) is 0 Å². The third kappa shape index (κ3) is 0.420. The molecule has 1 aliphatic rings.